The Morgan fingerprint density at radius 3 is 2.47 bits per heavy atom. The third-order valence-electron chi connectivity index (χ3n) is 7.89. The van der Waals surface area contributed by atoms with E-state index >= 15 is 4.39 Å². The first kappa shape index (κ1) is 23.2. The maximum atomic E-state index is 15.8. The number of ether oxygens (including phenoxy) is 1. The van der Waals surface area contributed by atoms with Crippen molar-refractivity contribution in [2.75, 3.05) is 44.7 Å². The SMILES string of the molecule is COCc1ccc(-c2ccnc(N3CCC(F)(C(=O)NC4(C)CN5CCC4CC5)CC3)n2)cc1. The first-order valence-electron chi connectivity index (χ1n) is 12.3. The lowest BCUT2D eigenvalue weighted by Crippen LogP contribution is -2.68. The van der Waals surface area contributed by atoms with Gasteiger partial charge in [0.15, 0.2) is 5.67 Å². The second-order valence-electron chi connectivity index (χ2n) is 10.2. The van der Waals surface area contributed by atoms with Crippen molar-refractivity contribution < 1.29 is 13.9 Å². The number of aromatic nitrogens is 2. The van der Waals surface area contributed by atoms with E-state index in [1.54, 1.807) is 13.3 Å². The van der Waals surface area contributed by atoms with Crippen molar-refractivity contribution >= 4 is 11.9 Å². The Balaban J connectivity index is 1.22. The minimum Gasteiger partial charge on any atom is -0.380 e. The number of rotatable bonds is 6. The van der Waals surface area contributed by atoms with Crippen molar-refractivity contribution in [1.29, 1.82) is 0 Å². The highest BCUT2D eigenvalue weighted by Gasteiger charge is 2.49. The number of piperidine rings is 4. The van der Waals surface area contributed by atoms with Crippen LogP contribution in [0, 0.1) is 5.92 Å². The van der Waals surface area contributed by atoms with Crippen LogP contribution in [-0.2, 0) is 16.1 Å². The second kappa shape index (κ2) is 9.23. The molecule has 8 heteroatoms. The number of anilines is 1. The number of hydrogen-bond donors (Lipinski definition) is 1. The molecule has 1 aromatic carbocycles. The molecular formula is C26H34FN5O2. The summed E-state index contributed by atoms with van der Waals surface area (Å²) in [7, 11) is 1.68. The Morgan fingerprint density at radius 1 is 1.15 bits per heavy atom. The third kappa shape index (κ3) is 4.53. The number of carbonyl (C=O) groups is 1. The number of benzene rings is 1. The highest BCUT2D eigenvalue weighted by Crippen LogP contribution is 2.37. The van der Waals surface area contributed by atoms with Crippen molar-refractivity contribution in [2.24, 2.45) is 5.92 Å². The van der Waals surface area contributed by atoms with E-state index in [0.717, 1.165) is 49.3 Å². The van der Waals surface area contributed by atoms with Gasteiger partial charge in [0, 0.05) is 51.3 Å². The Hall–Kier alpha value is -2.58. The molecule has 4 fully saturated rings. The molecule has 0 aliphatic carbocycles. The minimum absolute atomic E-state index is 0.141. The zero-order valence-electron chi connectivity index (χ0n) is 20.1. The van der Waals surface area contributed by atoms with Crippen LogP contribution < -0.4 is 10.2 Å². The fourth-order valence-electron chi connectivity index (χ4n) is 5.72. The van der Waals surface area contributed by atoms with E-state index in [2.05, 4.69) is 22.1 Å². The highest BCUT2D eigenvalue weighted by molar-refractivity contribution is 5.86. The predicted molar refractivity (Wildman–Crippen MR) is 129 cm³/mol. The Bertz CT molecular complexity index is 1020. The molecule has 1 aromatic heterocycles. The van der Waals surface area contributed by atoms with Crippen LogP contribution in [0.4, 0.5) is 10.3 Å². The van der Waals surface area contributed by atoms with Gasteiger partial charge in [0.05, 0.1) is 17.8 Å². The van der Waals surface area contributed by atoms with E-state index in [-0.39, 0.29) is 18.4 Å². The first-order chi connectivity index (χ1) is 16.4. The van der Waals surface area contributed by atoms with Crippen LogP contribution in [0.25, 0.3) is 11.3 Å². The quantitative estimate of drug-likeness (QED) is 0.704. The molecule has 4 saturated heterocycles. The molecule has 1 N–H and O–H groups in total. The molecule has 0 saturated carbocycles. The fraction of sp³-hybridized carbons (Fsp3) is 0.577. The van der Waals surface area contributed by atoms with Gasteiger partial charge < -0.3 is 19.9 Å². The molecule has 2 bridgehead atoms. The average Bonchev–Trinajstić information content (AvgIpc) is 2.85. The Morgan fingerprint density at radius 2 is 1.85 bits per heavy atom. The zero-order chi connectivity index (χ0) is 23.8. The van der Waals surface area contributed by atoms with Gasteiger partial charge in [-0.2, -0.15) is 0 Å². The zero-order valence-corrected chi connectivity index (χ0v) is 20.1. The van der Waals surface area contributed by atoms with Crippen LogP contribution in [0.1, 0.15) is 38.2 Å². The van der Waals surface area contributed by atoms with Gasteiger partial charge in [0.2, 0.25) is 5.95 Å². The van der Waals surface area contributed by atoms with E-state index in [4.69, 9.17) is 9.72 Å². The van der Waals surface area contributed by atoms with Crippen LogP contribution >= 0.6 is 0 Å². The number of carbonyl (C=O) groups excluding carboxylic acids is 1. The maximum Gasteiger partial charge on any atom is 0.258 e. The van der Waals surface area contributed by atoms with E-state index in [9.17, 15) is 4.79 Å². The first-order valence-corrected chi connectivity index (χ1v) is 12.3. The van der Waals surface area contributed by atoms with Crippen LogP contribution in [0.2, 0.25) is 0 Å². The van der Waals surface area contributed by atoms with Gasteiger partial charge in [-0.05, 0) is 50.4 Å². The van der Waals surface area contributed by atoms with Crippen molar-refractivity contribution in [3.63, 3.8) is 0 Å². The molecule has 34 heavy (non-hydrogen) atoms. The summed E-state index contributed by atoms with van der Waals surface area (Å²) in [6, 6.07) is 9.95. The van der Waals surface area contributed by atoms with Crippen LogP contribution in [-0.4, -0.2) is 71.8 Å². The minimum atomic E-state index is -1.85. The molecule has 0 spiro atoms. The Labute approximate surface area is 200 Å². The van der Waals surface area contributed by atoms with Crippen molar-refractivity contribution in [3.8, 4) is 11.3 Å². The smallest absolute Gasteiger partial charge is 0.258 e. The average molecular weight is 468 g/mol. The molecular weight excluding hydrogens is 433 g/mol. The third-order valence-corrected chi connectivity index (χ3v) is 7.89. The summed E-state index contributed by atoms with van der Waals surface area (Å²) in [5.41, 5.74) is 0.728. The van der Waals surface area contributed by atoms with Gasteiger partial charge in [0.25, 0.3) is 5.91 Å². The topological polar surface area (TPSA) is 70.6 Å². The molecule has 1 unspecified atom stereocenters. The van der Waals surface area contributed by atoms with Crippen molar-refractivity contribution in [2.45, 2.75) is 50.4 Å². The molecule has 6 rings (SSSR count). The molecule has 1 amide bonds. The van der Waals surface area contributed by atoms with Gasteiger partial charge in [-0.15, -0.1) is 0 Å². The lowest BCUT2D eigenvalue weighted by atomic mass is 9.73. The summed E-state index contributed by atoms with van der Waals surface area (Å²) in [4.78, 5) is 26.6. The molecule has 1 atom stereocenters. The monoisotopic (exact) mass is 467 g/mol. The van der Waals surface area contributed by atoms with Crippen molar-refractivity contribution in [1.82, 2.24) is 20.2 Å². The second-order valence-corrected chi connectivity index (χ2v) is 10.2. The number of nitrogens with one attached hydrogen (secondary N) is 1. The van der Waals surface area contributed by atoms with E-state index in [0.29, 0.717) is 31.6 Å². The van der Waals surface area contributed by atoms with Gasteiger partial charge in [-0.25, -0.2) is 14.4 Å². The fourth-order valence-corrected chi connectivity index (χ4v) is 5.72. The lowest BCUT2D eigenvalue weighted by molar-refractivity contribution is -0.139. The molecule has 2 aromatic rings. The summed E-state index contributed by atoms with van der Waals surface area (Å²) < 4.78 is 20.9. The Kier molecular flexibility index (Phi) is 6.29. The molecule has 7 nitrogen and oxygen atoms in total. The number of hydrogen-bond acceptors (Lipinski definition) is 6. The van der Waals surface area contributed by atoms with Gasteiger partial charge >= 0.3 is 0 Å². The summed E-state index contributed by atoms with van der Waals surface area (Å²) in [5, 5.41) is 3.12. The van der Waals surface area contributed by atoms with Crippen LogP contribution in [0.3, 0.4) is 0 Å². The lowest BCUT2D eigenvalue weighted by Gasteiger charge is -2.52. The highest BCUT2D eigenvalue weighted by atomic mass is 19.1. The number of methoxy groups -OCH3 is 1. The maximum absolute atomic E-state index is 15.8. The standard InChI is InChI=1S/C26H34FN5O2/c1-25(18-31-13-8-21(25)9-14-31)30-23(33)26(27)10-15-32(16-11-26)24-28-12-7-22(29-24)20-5-3-19(4-6-20)17-34-2/h3-7,12,21H,8-11,13-18H2,1-2H3,(H,30,33). The van der Waals surface area contributed by atoms with Gasteiger partial charge in [-0.3, -0.25) is 4.79 Å². The predicted octanol–water partition coefficient (Wildman–Crippen LogP) is 3.20. The number of amides is 1. The molecule has 4 aliphatic heterocycles. The number of nitrogens with zero attached hydrogens (tertiary/aromatic N) is 4. The molecule has 5 heterocycles. The summed E-state index contributed by atoms with van der Waals surface area (Å²) in [6.07, 6.45) is 4.17. The van der Waals surface area contributed by atoms with Crippen LogP contribution in [0.5, 0.6) is 0 Å². The van der Waals surface area contributed by atoms with Gasteiger partial charge in [-0.1, -0.05) is 24.3 Å². The van der Waals surface area contributed by atoms with Gasteiger partial charge in [0.1, 0.15) is 0 Å². The van der Waals surface area contributed by atoms with E-state index in [1.807, 2.05) is 35.2 Å². The van der Waals surface area contributed by atoms with E-state index < -0.39 is 11.6 Å². The van der Waals surface area contributed by atoms with Crippen LogP contribution in [0.15, 0.2) is 36.5 Å². The summed E-state index contributed by atoms with van der Waals surface area (Å²) in [5.74, 6) is 0.560. The largest absolute Gasteiger partial charge is 0.380 e. The van der Waals surface area contributed by atoms with Crippen molar-refractivity contribution in [3.05, 3.63) is 42.1 Å². The van der Waals surface area contributed by atoms with E-state index in [1.165, 1.54) is 0 Å². The molecule has 182 valence electrons. The number of halogens is 1. The molecule has 0 radical (unpaired) electrons. The summed E-state index contributed by atoms with van der Waals surface area (Å²) >= 11 is 0. The molecule has 4 aliphatic rings. The number of alkyl halides is 1. The summed E-state index contributed by atoms with van der Waals surface area (Å²) in [6.45, 7) is 6.46. The normalized spacial score (nSPS) is 28.0. The number of fused-ring (bicyclic) bond motifs is 3.